The maximum atomic E-state index is 12.4. The highest BCUT2D eigenvalue weighted by Crippen LogP contribution is 2.20. The van der Waals surface area contributed by atoms with Gasteiger partial charge in [0, 0.05) is 29.0 Å². The predicted octanol–water partition coefficient (Wildman–Crippen LogP) is 3.85. The smallest absolute Gasteiger partial charge is 0.263 e. The second kappa shape index (κ2) is 7.69. The van der Waals surface area contributed by atoms with E-state index in [1.807, 2.05) is 35.9 Å². The van der Waals surface area contributed by atoms with Crippen LogP contribution in [0.1, 0.15) is 5.56 Å². The van der Waals surface area contributed by atoms with Gasteiger partial charge in [-0.2, -0.15) is 0 Å². The molecule has 0 bridgehead atoms. The number of nitrogens with zero attached hydrogens (tertiary/aromatic N) is 2. The zero-order chi connectivity index (χ0) is 20.4. The number of carbonyl (C=O) groups excluding carboxylic acids is 1. The van der Waals surface area contributed by atoms with Crippen LogP contribution in [-0.2, 0) is 21.4 Å². The number of aromatic nitrogens is 2. The summed E-state index contributed by atoms with van der Waals surface area (Å²) >= 11 is 1.20. The third kappa shape index (κ3) is 4.30. The highest BCUT2D eigenvalue weighted by molar-refractivity contribution is 7.93. The lowest BCUT2D eigenvalue weighted by Crippen LogP contribution is -2.18. The van der Waals surface area contributed by atoms with Crippen molar-refractivity contribution in [1.29, 1.82) is 0 Å². The van der Waals surface area contributed by atoms with E-state index in [2.05, 4.69) is 21.1 Å². The number of sulfonamides is 1. The number of anilines is 2. The van der Waals surface area contributed by atoms with Gasteiger partial charge in [0.15, 0.2) is 5.13 Å². The van der Waals surface area contributed by atoms with Crippen LogP contribution < -0.4 is 10.0 Å². The summed E-state index contributed by atoms with van der Waals surface area (Å²) in [5, 5.41) is 5.87. The molecule has 0 aliphatic carbocycles. The van der Waals surface area contributed by atoms with Gasteiger partial charge in [-0.05, 0) is 54.8 Å². The number of amides is 1. The lowest BCUT2D eigenvalue weighted by Gasteiger charge is -2.09. The molecule has 7 nitrogen and oxygen atoms in total. The van der Waals surface area contributed by atoms with Crippen molar-refractivity contribution >= 4 is 49.0 Å². The predicted molar refractivity (Wildman–Crippen MR) is 115 cm³/mol. The van der Waals surface area contributed by atoms with Crippen molar-refractivity contribution in [1.82, 2.24) is 9.55 Å². The van der Waals surface area contributed by atoms with Crippen molar-refractivity contribution < 1.29 is 13.2 Å². The van der Waals surface area contributed by atoms with Gasteiger partial charge in [0.1, 0.15) is 6.54 Å². The van der Waals surface area contributed by atoms with Crippen LogP contribution in [0.2, 0.25) is 0 Å². The van der Waals surface area contributed by atoms with Crippen LogP contribution in [0.3, 0.4) is 0 Å². The van der Waals surface area contributed by atoms with Gasteiger partial charge in [-0.15, -0.1) is 11.3 Å². The van der Waals surface area contributed by atoms with Crippen molar-refractivity contribution in [3.63, 3.8) is 0 Å². The SMILES string of the molecule is Cc1ccc2c(ccn2CC(=O)Nc2ccc(S(=O)(=O)Nc3nccs3)cc2)c1. The monoisotopic (exact) mass is 426 g/mol. The number of benzene rings is 2. The Kier molecular flexibility index (Phi) is 5.08. The van der Waals surface area contributed by atoms with Gasteiger partial charge < -0.3 is 9.88 Å². The Balaban J connectivity index is 1.43. The average molecular weight is 427 g/mol. The van der Waals surface area contributed by atoms with Crippen LogP contribution in [0.4, 0.5) is 10.8 Å². The van der Waals surface area contributed by atoms with Crippen molar-refractivity contribution in [3.05, 3.63) is 71.9 Å². The largest absolute Gasteiger partial charge is 0.338 e. The van der Waals surface area contributed by atoms with Gasteiger partial charge in [-0.1, -0.05) is 11.6 Å². The Bertz CT molecular complexity index is 1260. The molecule has 148 valence electrons. The van der Waals surface area contributed by atoms with E-state index in [0.717, 1.165) is 10.9 Å². The topological polar surface area (TPSA) is 93.1 Å². The highest BCUT2D eigenvalue weighted by Gasteiger charge is 2.15. The summed E-state index contributed by atoms with van der Waals surface area (Å²) in [4.78, 5) is 16.4. The van der Waals surface area contributed by atoms with Crippen LogP contribution in [0.5, 0.6) is 0 Å². The van der Waals surface area contributed by atoms with E-state index < -0.39 is 10.0 Å². The van der Waals surface area contributed by atoms with Crippen LogP contribution in [-0.4, -0.2) is 23.9 Å². The summed E-state index contributed by atoms with van der Waals surface area (Å²) in [6.07, 6.45) is 3.40. The summed E-state index contributed by atoms with van der Waals surface area (Å²) in [5.74, 6) is -0.195. The number of carbonyl (C=O) groups is 1. The van der Waals surface area contributed by atoms with Gasteiger partial charge in [-0.3, -0.25) is 9.52 Å². The molecule has 0 spiro atoms. The summed E-state index contributed by atoms with van der Waals surface area (Å²) < 4.78 is 29.0. The fraction of sp³-hybridized carbons (Fsp3) is 0.100. The number of thiazole rings is 1. The van der Waals surface area contributed by atoms with E-state index in [4.69, 9.17) is 0 Å². The first-order chi connectivity index (χ1) is 13.9. The Morgan fingerprint density at radius 3 is 2.66 bits per heavy atom. The minimum absolute atomic E-state index is 0.0949. The Labute approximate surface area is 172 Å². The molecule has 0 radical (unpaired) electrons. The number of hydrogen-bond donors (Lipinski definition) is 2. The summed E-state index contributed by atoms with van der Waals surface area (Å²) in [7, 11) is -3.72. The molecule has 29 heavy (non-hydrogen) atoms. The molecule has 0 fully saturated rings. The van der Waals surface area contributed by atoms with Gasteiger partial charge in [-0.25, -0.2) is 13.4 Å². The van der Waals surface area contributed by atoms with Gasteiger partial charge in [0.05, 0.1) is 4.90 Å². The molecule has 0 aliphatic rings. The van der Waals surface area contributed by atoms with Crippen LogP contribution in [0.15, 0.2) is 71.2 Å². The van der Waals surface area contributed by atoms with E-state index in [1.54, 1.807) is 17.5 Å². The molecule has 2 heterocycles. The molecule has 2 N–H and O–H groups in total. The van der Waals surface area contributed by atoms with Crippen molar-refractivity contribution in [3.8, 4) is 0 Å². The molecule has 4 aromatic rings. The number of hydrogen-bond acceptors (Lipinski definition) is 5. The lowest BCUT2D eigenvalue weighted by atomic mass is 10.2. The fourth-order valence-corrected chi connectivity index (χ4v) is 4.77. The van der Waals surface area contributed by atoms with E-state index >= 15 is 0 Å². The standard InChI is InChI=1S/C20H18N4O3S2/c1-14-2-7-18-15(12-14)8-10-24(18)13-19(25)22-16-3-5-17(6-4-16)29(26,27)23-20-21-9-11-28-20/h2-12H,13H2,1H3,(H,21,23)(H,22,25). The Hall–Kier alpha value is -3.17. The molecule has 0 unspecified atom stereocenters. The molecule has 4 rings (SSSR count). The molecule has 1 amide bonds. The van der Waals surface area contributed by atoms with Gasteiger partial charge in [0.2, 0.25) is 5.91 Å². The fourth-order valence-electron chi connectivity index (χ4n) is 2.98. The first kappa shape index (κ1) is 19.2. The van der Waals surface area contributed by atoms with Crippen LogP contribution >= 0.6 is 11.3 Å². The zero-order valence-electron chi connectivity index (χ0n) is 15.5. The molecule has 9 heteroatoms. The minimum Gasteiger partial charge on any atom is -0.338 e. The number of rotatable bonds is 6. The maximum Gasteiger partial charge on any atom is 0.263 e. The third-order valence-corrected chi connectivity index (χ3v) is 6.52. The number of fused-ring (bicyclic) bond motifs is 1. The molecular formula is C20H18N4O3S2. The minimum atomic E-state index is -3.72. The van der Waals surface area contributed by atoms with E-state index in [1.165, 1.54) is 35.2 Å². The second-order valence-electron chi connectivity index (χ2n) is 6.52. The third-order valence-electron chi connectivity index (χ3n) is 4.34. The normalized spacial score (nSPS) is 11.5. The van der Waals surface area contributed by atoms with Gasteiger partial charge >= 0.3 is 0 Å². The van der Waals surface area contributed by atoms with Crippen LogP contribution in [0.25, 0.3) is 10.9 Å². The van der Waals surface area contributed by atoms with E-state index in [-0.39, 0.29) is 17.3 Å². The van der Waals surface area contributed by atoms with Crippen molar-refractivity contribution in [2.75, 3.05) is 10.0 Å². The average Bonchev–Trinajstić information content (AvgIpc) is 3.31. The first-order valence-corrected chi connectivity index (χ1v) is 11.1. The van der Waals surface area contributed by atoms with Crippen molar-refractivity contribution in [2.45, 2.75) is 18.4 Å². The van der Waals surface area contributed by atoms with E-state index in [0.29, 0.717) is 10.8 Å². The molecular weight excluding hydrogens is 408 g/mol. The lowest BCUT2D eigenvalue weighted by molar-refractivity contribution is -0.116. The summed E-state index contributed by atoms with van der Waals surface area (Å²) in [6, 6.07) is 14.1. The molecule has 2 aromatic carbocycles. The molecule has 0 atom stereocenters. The van der Waals surface area contributed by atoms with Gasteiger partial charge in [0.25, 0.3) is 10.0 Å². The van der Waals surface area contributed by atoms with Crippen molar-refractivity contribution in [2.24, 2.45) is 0 Å². The Morgan fingerprint density at radius 1 is 1.14 bits per heavy atom. The zero-order valence-corrected chi connectivity index (χ0v) is 17.1. The van der Waals surface area contributed by atoms with Crippen LogP contribution in [0, 0.1) is 6.92 Å². The summed E-state index contributed by atoms with van der Waals surface area (Å²) in [5.41, 5.74) is 2.68. The molecule has 2 aromatic heterocycles. The Morgan fingerprint density at radius 2 is 1.93 bits per heavy atom. The number of nitrogens with one attached hydrogen (secondary N) is 2. The van der Waals surface area contributed by atoms with E-state index in [9.17, 15) is 13.2 Å². The second-order valence-corrected chi connectivity index (χ2v) is 9.10. The quantitative estimate of drug-likeness (QED) is 0.490. The molecule has 0 saturated carbocycles. The highest BCUT2D eigenvalue weighted by atomic mass is 32.2. The first-order valence-electron chi connectivity index (χ1n) is 8.78. The molecule has 0 saturated heterocycles. The number of aryl methyl sites for hydroxylation is 1. The maximum absolute atomic E-state index is 12.4. The molecule has 0 aliphatic heterocycles. The summed E-state index contributed by atoms with van der Waals surface area (Å²) in [6.45, 7) is 2.19.